The molecule has 0 aliphatic heterocycles. The molecule has 0 unspecified atom stereocenters. The minimum absolute atomic E-state index is 0.384. The fourth-order valence-electron chi connectivity index (χ4n) is 3.45. The summed E-state index contributed by atoms with van der Waals surface area (Å²) in [7, 11) is 0. The Balaban J connectivity index is -0.000000438. The van der Waals surface area contributed by atoms with Gasteiger partial charge in [0.2, 0.25) is 0 Å². The van der Waals surface area contributed by atoms with Crippen LogP contribution in [0.1, 0.15) is 119 Å². The summed E-state index contributed by atoms with van der Waals surface area (Å²) in [5.74, 6) is -3.09. The van der Waals surface area contributed by atoms with Crippen LogP contribution in [0.5, 0.6) is 0 Å². The van der Waals surface area contributed by atoms with Gasteiger partial charge in [0.05, 0.1) is 11.9 Å². The molecule has 0 aromatic heterocycles. The molecule has 200 valence electrons. The third kappa shape index (κ3) is 36.8. The molecule has 0 bridgehead atoms. The van der Waals surface area contributed by atoms with Gasteiger partial charge in [0.15, 0.2) is 0 Å². The maximum atomic E-state index is 9.41. The molecule has 0 aromatic rings. The molecule has 0 aliphatic rings. The SMILES string of the molecule is CCC[CH2][Sn+]([CH2]CCC)[CH2]CCC.CCC[CH2][Sn+]([CH2]CCC)[CH2]CCC.O=C([O-])/C=C/C(=O)[O-]. The van der Waals surface area contributed by atoms with Crippen LogP contribution in [0.15, 0.2) is 12.2 Å². The fourth-order valence-corrected chi connectivity index (χ4v) is 22.3. The number of carbonyl (C=O) groups excluding carboxylic acids is 2. The first-order valence-electron chi connectivity index (χ1n) is 14.1. The van der Waals surface area contributed by atoms with Crippen molar-refractivity contribution in [3.05, 3.63) is 12.2 Å². The average molecular weight is 694 g/mol. The molecule has 0 amide bonds. The summed E-state index contributed by atoms with van der Waals surface area (Å²) in [4.78, 5) is 18.8. The predicted octanol–water partition coefficient (Wildman–Crippen LogP) is 6.81. The third-order valence-electron chi connectivity index (χ3n) is 5.66. The van der Waals surface area contributed by atoms with Crippen molar-refractivity contribution in [1.29, 1.82) is 0 Å². The van der Waals surface area contributed by atoms with Crippen LogP contribution in [0.25, 0.3) is 0 Å². The number of aliphatic carboxylic acids is 2. The zero-order valence-electron chi connectivity index (χ0n) is 23.5. The van der Waals surface area contributed by atoms with Gasteiger partial charge in [-0.2, -0.15) is 0 Å². The second-order valence-electron chi connectivity index (χ2n) is 9.09. The molecule has 0 heterocycles. The maximum absolute atomic E-state index is 9.41. The summed E-state index contributed by atoms with van der Waals surface area (Å²) >= 11 is -1.68. The number of rotatable bonds is 20. The van der Waals surface area contributed by atoms with Crippen LogP contribution in [-0.4, -0.2) is 51.5 Å². The Kier molecular flexibility index (Phi) is 38.0. The van der Waals surface area contributed by atoms with E-state index in [4.69, 9.17) is 0 Å². The first-order valence-corrected chi connectivity index (χ1v) is 26.2. The minimum atomic E-state index is -1.55. The number of carboxylic acid groups (broad SMARTS) is 2. The van der Waals surface area contributed by atoms with Gasteiger partial charge >= 0.3 is 185 Å². The molecule has 0 rings (SSSR count). The van der Waals surface area contributed by atoms with Crippen LogP contribution in [0.4, 0.5) is 0 Å². The molecule has 6 heteroatoms. The monoisotopic (exact) mass is 696 g/mol. The first-order chi connectivity index (χ1) is 16.3. The third-order valence-corrected chi connectivity index (χ3v) is 23.8. The van der Waals surface area contributed by atoms with Crippen molar-refractivity contribution in [3.63, 3.8) is 0 Å². The van der Waals surface area contributed by atoms with E-state index < -0.39 is 51.5 Å². The zero-order chi connectivity index (χ0) is 26.5. The van der Waals surface area contributed by atoms with Crippen molar-refractivity contribution in [2.45, 2.75) is 145 Å². The summed E-state index contributed by atoms with van der Waals surface area (Å²) in [5, 5.41) is 18.8. The van der Waals surface area contributed by atoms with Crippen molar-refractivity contribution in [1.82, 2.24) is 0 Å². The van der Waals surface area contributed by atoms with Crippen LogP contribution in [0.3, 0.4) is 0 Å². The molecular weight excluding hydrogens is 638 g/mol. The van der Waals surface area contributed by atoms with Crippen LogP contribution in [0.2, 0.25) is 26.6 Å². The fraction of sp³-hybridized carbons (Fsp3) is 0.857. The summed E-state index contributed by atoms with van der Waals surface area (Å²) in [6.07, 6.45) is 18.5. The molecule has 0 fully saturated rings. The Hall–Kier alpha value is 0.277. The predicted molar refractivity (Wildman–Crippen MR) is 149 cm³/mol. The van der Waals surface area contributed by atoms with Crippen molar-refractivity contribution in [3.8, 4) is 0 Å². The Morgan fingerprint density at radius 1 is 0.471 bits per heavy atom. The van der Waals surface area contributed by atoms with E-state index in [1.165, 1.54) is 77.0 Å². The first kappa shape index (κ1) is 38.8. The number of hydrogen-bond acceptors (Lipinski definition) is 4. The summed E-state index contributed by atoms with van der Waals surface area (Å²) in [5.41, 5.74) is 0. The van der Waals surface area contributed by atoms with E-state index >= 15 is 0 Å². The van der Waals surface area contributed by atoms with E-state index in [9.17, 15) is 19.8 Å². The molecule has 0 aliphatic carbocycles. The number of hydrogen-bond donors (Lipinski definition) is 0. The molecule has 0 saturated carbocycles. The second-order valence-corrected chi connectivity index (χ2v) is 26.2. The van der Waals surface area contributed by atoms with Gasteiger partial charge in [0.25, 0.3) is 0 Å². The van der Waals surface area contributed by atoms with Gasteiger partial charge in [-0.05, 0) is 12.2 Å². The van der Waals surface area contributed by atoms with Gasteiger partial charge in [0.1, 0.15) is 0 Å². The van der Waals surface area contributed by atoms with Crippen LogP contribution in [0, 0.1) is 0 Å². The van der Waals surface area contributed by atoms with E-state index in [1.54, 1.807) is 26.6 Å². The largest absolute Gasteiger partial charge is 0.545 e. The van der Waals surface area contributed by atoms with Gasteiger partial charge in [0, 0.05) is 0 Å². The molecule has 0 atom stereocenters. The molecular formula is C28H56O4Sn2. The van der Waals surface area contributed by atoms with Crippen molar-refractivity contribution < 1.29 is 19.8 Å². The van der Waals surface area contributed by atoms with E-state index in [1.807, 2.05) is 0 Å². The smallest absolute Gasteiger partial charge is 0.0643 e. The van der Waals surface area contributed by atoms with E-state index in [0.29, 0.717) is 12.2 Å². The summed E-state index contributed by atoms with van der Waals surface area (Å²) in [6.45, 7) is 14.0. The standard InChI is InChI=1S/C4H4O4.6C4H9.2Sn/c5-3(6)1-2-4(7)8;6*1-3-4-2;;/h1-2H,(H,5,6)(H,7,8);6*1,3-4H2,2H3;;/q;;;;;;;2*+1/p-2/b2-1+;;;;;;;;. The van der Waals surface area contributed by atoms with Gasteiger partial charge in [-0.25, -0.2) is 0 Å². The Morgan fingerprint density at radius 3 is 0.765 bits per heavy atom. The van der Waals surface area contributed by atoms with E-state index in [2.05, 4.69) is 41.5 Å². The van der Waals surface area contributed by atoms with Crippen LogP contribution in [-0.2, 0) is 9.59 Å². The van der Waals surface area contributed by atoms with Crippen LogP contribution >= 0.6 is 0 Å². The Bertz CT molecular complexity index is 378. The average Bonchev–Trinajstić information content (AvgIpc) is 2.82. The van der Waals surface area contributed by atoms with Crippen molar-refractivity contribution >= 4 is 51.5 Å². The van der Waals surface area contributed by atoms with Crippen molar-refractivity contribution in [2.24, 2.45) is 0 Å². The summed E-state index contributed by atoms with van der Waals surface area (Å²) in [6, 6.07) is 0. The Morgan fingerprint density at radius 2 is 0.647 bits per heavy atom. The molecule has 34 heavy (non-hydrogen) atoms. The minimum Gasteiger partial charge on any atom is -0.545 e. The molecule has 0 spiro atoms. The van der Waals surface area contributed by atoms with Gasteiger partial charge < -0.3 is 19.8 Å². The molecule has 0 radical (unpaired) electrons. The van der Waals surface area contributed by atoms with E-state index in [-0.39, 0.29) is 0 Å². The Labute approximate surface area is 227 Å². The zero-order valence-corrected chi connectivity index (χ0v) is 29.2. The summed E-state index contributed by atoms with van der Waals surface area (Å²) < 4.78 is 10.1. The van der Waals surface area contributed by atoms with Crippen molar-refractivity contribution in [2.75, 3.05) is 0 Å². The molecule has 0 aromatic carbocycles. The molecule has 0 saturated heterocycles. The van der Waals surface area contributed by atoms with E-state index in [0.717, 1.165) is 0 Å². The quantitative estimate of drug-likeness (QED) is 0.104. The topological polar surface area (TPSA) is 80.3 Å². The maximum Gasteiger partial charge on any atom is 0.0643 e. The molecule has 4 nitrogen and oxygen atoms in total. The number of carboxylic acids is 2. The molecule has 0 N–H and O–H groups in total. The number of unbranched alkanes of at least 4 members (excludes halogenated alkanes) is 6. The van der Waals surface area contributed by atoms with Gasteiger partial charge in [-0.15, -0.1) is 0 Å². The second kappa shape index (κ2) is 33.3. The van der Waals surface area contributed by atoms with Gasteiger partial charge in [-0.1, -0.05) is 0 Å². The van der Waals surface area contributed by atoms with Gasteiger partial charge in [-0.3, -0.25) is 0 Å². The normalized spacial score (nSPS) is 10.2. The van der Waals surface area contributed by atoms with Crippen LogP contribution < -0.4 is 10.2 Å². The number of carbonyl (C=O) groups is 2.